The SMILES string of the molecule is Cc1cccc(-c2[nH]nc(N)c2-c2ccccc2Br)c1Br. The van der Waals surface area contributed by atoms with Gasteiger partial charge >= 0.3 is 0 Å². The minimum Gasteiger partial charge on any atom is -0.382 e. The zero-order valence-corrected chi connectivity index (χ0v) is 14.5. The van der Waals surface area contributed by atoms with E-state index in [1.165, 1.54) is 5.56 Å². The first-order valence-electron chi connectivity index (χ1n) is 6.44. The van der Waals surface area contributed by atoms with Crippen molar-refractivity contribution in [2.24, 2.45) is 0 Å². The predicted octanol–water partition coefficient (Wildman–Crippen LogP) is 5.16. The number of rotatable bonds is 2. The Labute approximate surface area is 139 Å². The lowest BCUT2D eigenvalue weighted by Gasteiger charge is -2.09. The molecule has 3 rings (SSSR count). The summed E-state index contributed by atoms with van der Waals surface area (Å²) < 4.78 is 2.03. The van der Waals surface area contributed by atoms with Crippen molar-refractivity contribution in [2.45, 2.75) is 6.92 Å². The van der Waals surface area contributed by atoms with Gasteiger partial charge in [0.25, 0.3) is 0 Å². The number of H-pyrrole nitrogens is 1. The van der Waals surface area contributed by atoms with Crippen LogP contribution in [0.3, 0.4) is 0 Å². The summed E-state index contributed by atoms with van der Waals surface area (Å²) in [5, 5.41) is 7.25. The molecule has 0 saturated heterocycles. The Morgan fingerprint density at radius 3 is 2.48 bits per heavy atom. The molecular weight excluding hydrogens is 394 g/mol. The van der Waals surface area contributed by atoms with Gasteiger partial charge in [0.15, 0.2) is 5.82 Å². The Hall–Kier alpha value is -1.59. The molecule has 3 nitrogen and oxygen atoms in total. The number of hydrogen-bond acceptors (Lipinski definition) is 2. The maximum absolute atomic E-state index is 6.09. The van der Waals surface area contributed by atoms with Crippen molar-refractivity contribution >= 4 is 37.7 Å². The molecule has 0 saturated carbocycles. The fourth-order valence-electron chi connectivity index (χ4n) is 2.33. The third-order valence-corrected chi connectivity index (χ3v) is 5.14. The van der Waals surface area contributed by atoms with Crippen LogP contribution in [0.4, 0.5) is 5.82 Å². The molecule has 0 amide bonds. The third kappa shape index (κ3) is 2.51. The molecule has 0 fully saturated rings. The smallest absolute Gasteiger partial charge is 0.153 e. The second kappa shape index (κ2) is 5.66. The van der Waals surface area contributed by atoms with E-state index in [1.54, 1.807) is 0 Å². The Morgan fingerprint density at radius 1 is 1.00 bits per heavy atom. The second-order valence-electron chi connectivity index (χ2n) is 4.78. The van der Waals surface area contributed by atoms with Crippen LogP contribution in [0.1, 0.15) is 5.56 Å². The van der Waals surface area contributed by atoms with E-state index in [2.05, 4.69) is 55.0 Å². The van der Waals surface area contributed by atoms with Gasteiger partial charge in [-0.2, -0.15) is 5.10 Å². The molecule has 0 spiro atoms. The number of benzene rings is 2. The molecule has 0 aliphatic heterocycles. The summed E-state index contributed by atoms with van der Waals surface area (Å²) in [7, 11) is 0. The lowest BCUT2D eigenvalue weighted by molar-refractivity contribution is 1.10. The maximum atomic E-state index is 6.09. The minimum atomic E-state index is 0.491. The molecule has 0 aliphatic carbocycles. The Balaban J connectivity index is 2.28. The molecule has 1 heterocycles. The van der Waals surface area contributed by atoms with Crippen molar-refractivity contribution < 1.29 is 0 Å². The molecular formula is C16H13Br2N3. The number of nitrogens with one attached hydrogen (secondary N) is 1. The van der Waals surface area contributed by atoms with Crippen LogP contribution in [-0.2, 0) is 0 Å². The molecule has 0 bridgehead atoms. The average Bonchev–Trinajstić information content (AvgIpc) is 2.84. The highest BCUT2D eigenvalue weighted by atomic mass is 79.9. The number of nitrogens with zero attached hydrogens (tertiary/aromatic N) is 1. The number of hydrogen-bond donors (Lipinski definition) is 2. The first kappa shape index (κ1) is 14.4. The van der Waals surface area contributed by atoms with Crippen molar-refractivity contribution in [3.05, 3.63) is 57.0 Å². The zero-order chi connectivity index (χ0) is 15.0. The van der Waals surface area contributed by atoms with Crippen LogP contribution < -0.4 is 5.73 Å². The number of anilines is 1. The molecule has 3 aromatic rings. The predicted molar refractivity (Wildman–Crippen MR) is 94.0 cm³/mol. The fourth-order valence-corrected chi connectivity index (χ4v) is 3.27. The van der Waals surface area contributed by atoms with E-state index in [0.29, 0.717) is 5.82 Å². The van der Waals surface area contributed by atoms with Gasteiger partial charge < -0.3 is 5.73 Å². The van der Waals surface area contributed by atoms with E-state index in [9.17, 15) is 0 Å². The maximum Gasteiger partial charge on any atom is 0.153 e. The van der Waals surface area contributed by atoms with Crippen molar-refractivity contribution in [3.63, 3.8) is 0 Å². The van der Waals surface area contributed by atoms with Crippen molar-refractivity contribution in [3.8, 4) is 22.4 Å². The molecule has 0 atom stereocenters. The number of nitrogen functional groups attached to an aromatic ring is 1. The van der Waals surface area contributed by atoms with Crippen LogP contribution in [-0.4, -0.2) is 10.2 Å². The Kier molecular flexibility index (Phi) is 3.87. The zero-order valence-electron chi connectivity index (χ0n) is 11.3. The number of aromatic amines is 1. The van der Waals surface area contributed by atoms with E-state index < -0.39 is 0 Å². The highest BCUT2D eigenvalue weighted by molar-refractivity contribution is 9.11. The molecule has 5 heteroatoms. The summed E-state index contributed by atoms with van der Waals surface area (Å²) in [6.07, 6.45) is 0. The molecule has 1 aromatic heterocycles. The van der Waals surface area contributed by atoms with E-state index in [4.69, 9.17) is 5.73 Å². The largest absolute Gasteiger partial charge is 0.382 e. The summed E-state index contributed by atoms with van der Waals surface area (Å²) >= 11 is 7.23. The lowest BCUT2D eigenvalue weighted by Crippen LogP contribution is -1.90. The number of halogens is 2. The molecule has 3 N–H and O–H groups in total. The number of aromatic nitrogens is 2. The van der Waals surface area contributed by atoms with Gasteiger partial charge in [0.2, 0.25) is 0 Å². The number of nitrogens with two attached hydrogens (primary N) is 1. The van der Waals surface area contributed by atoms with Gasteiger partial charge in [0.05, 0.1) is 11.3 Å². The van der Waals surface area contributed by atoms with Gasteiger partial charge in [-0.25, -0.2) is 0 Å². The van der Waals surface area contributed by atoms with Gasteiger partial charge in [0, 0.05) is 20.1 Å². The molecule has 106 valence electrons. The number of aryl methyl sites for hydroxylation is 1. The quantitative estimate of drug-likeness (QED) is 0.617. The van der Waals surface area contributed by atoms with E-state index in [1.807, 2.05) is 36.4 Å². The van der Waals surface area contributed by atoms with Crippen molar-refractivity contribution in [1.82, 2.24) is 10.2 Å². The van der Waals surface area contributed by atoms with Crippen molar-refractivity contribution in [1.29, 1.82) is 0 Å². The first-order valence-corrected chi connectivity index (χ1v) is 8.02. The van der Waals surface area contributed by atoms with Gasteiger partial charge in [0.1, 0.15) is 0 Å². The monoisotopic (exact) mass is 405 g/mol. The third-order valence-electron chi connectivity index (χ3n) is 3.40. The molecule has 21 heavy (non-hydrogen) atoms. The fraction of sp³-hybridized carbons (Fsp3) is 0.0625. The van der Waals surface area contributed by atoms with Gasteiger partial charge in [-0.15, -0.1) is 0 Å². The molecule has 0 aliphatic rings. The standard InChI is InChI=1S/C16H13Br2N3/c1-9-5-4-7-11(14(9)18)15-13(16(19)21-20-15)10-6-2-3-8-12(10)17/h2-8H,1H3,(H3,19,20,21). The summed E-state index contributed by atoms with van der Waals surface area (Å²) in [6.45, 7) is 2.06. The van der Waals surface area contributed by atoms with Crippen LogP contribution in [0.2, 0.25) is 0 Å². The summed E-state index contributed by atoms with van der Waals surface area (Å²) in [5.74, 6) is 0.491. The molecule has 0 radical (unpaired) electrons. The topological polar surface area (TPSA) is 54.7 Å². The van der Waals surface area contributed by atoms with E-state index >= 15 is 0 Å². The van der Waals surface area contributed by atoms with Crippen LogP contribution in [0.5, 0.6) is 0 Å². The normalized spacial score (nSPS) is 10.8. The minimum absolute atomic E-state index is 0.491. The second-order valence-corrected chi connectivity index (χ2v) is 6.42. The molecule has 2 aromatic carbocycles. The van der Waals surface area contributed by atoms with E-state index in [-0.39, 0.29) is 0 Å². The van der Waals surface area contributed by atoms with Gasteiger partial charge in [-0.3, -0.25) is 5.10 Å². The highest BCUT2D eigenvalue weighted by Gasteiger charge is 2.18. The highest BCUT2D eigenvalue weighted by Crippen LogP contribution is 2.41. The first-order chi connectivity index (χ1) is 10.1. The average molecular weight is 407 g/mol. The van der Waals surface area contributed by atoms with E-state index in [0.717, 1.165) is 31.3 Å². The lowest BCUT2D eigenvalue weighted by atomic mass is 10.00. The van der Waals surface area contributed by atoms with Gasteiger partial charge in [-0.1, -0.05) is 52.3 Å². The van der Waals surface area contributed by atoms with Crippen LogP contribution in [0.15, 0.2) is 51.4 Å². The van der Waals surface area contributed by atoms with Crippen molar-refractivity contribution in [2.75, 3.05) is 5.73 Å². The summed E-state index contributed by atoms with van der Waals surface area (Å²) in [4.78, 5) is 0. The molecule has 0 unspecified atom stereocenters. The Morgan fingerprint density at radius 2 is 1.71 bits per heavy atom. The Bertz CT molecular complexity index is 809. The van der Waals surface area contributed by atoms with Crippen LogP contribution in [0.25, 0.3) is 22.4 Å². The van der Waals surface area contributed by atoms with Crippen LogP contribution >= 0.6 is 31.9 Å². The van der Waals surface area contributed by atoms with Gasteiger partial charge in [-0.05, 0) is 34.5 Å². The summed E-state index contributed by atoms with van der Waals surface area (Å²) in [5.41, 5.74) is 11.1. The van der Waals surface area contributed by atoms with Crippen LogP contribution in [0, 0.1) is 6.92 Å². The summed E-state index contributed by atoms with van der Waals surface area (Å²) in [6, 6.07) is 14.1.